The third-order valence-electron chi connectivity index (χ3n) is 4.47. The van der Waals surface area contributed by atoms with Gasteiger partial charge in [-0.2, -0.15) is 4.31 Å². The summed E-state index contributed by atoms with van der Waals surface area (Å²) in [7, 11) is -1.95. The molecule has 26 heavy (non-hydrogen) atoms. The van der Waals surface area contributed by atoms with Crippen LogP contribution in [0.3, 0.4) is 0 Å². The van der Waals surface area contributed by atoms with E-state index in [2.05, 4.69) is 4.90 Å². The standard InChI is InChI=1S/C18H20Cl2N2O3S/c1-25-14-5-7-15(8-6-14)26(23,24)22-11-9-21(10-12-22)13-16-17(19)3-2-4-18(16)20/h2-8H,9-13H2,1H3. The van der Waals surface area contributed by atoms with E-state index in [1.165, 1.54) is 4.31 Å². The van der Waals surface area contributed by atoms with Crippen LogP contribution in [0.5, 0.6) is 5.75 Å². The predicted molar refractivity (Wildman–Crippen MR) is 103 cm³/mol. The van der Waals surface area contributed by atoms with Crippen molar-refractivity contribution in [3.63, 3.8) is 0 Å². The summed E-state index contributed by atoms with van der Waals surface area (Å²) < 4.78 is 32.2. The van der Waals surface area contributed by atoms with Crippen LogP contribution < -0.4 is 4.74 Å². The first-order valence-corrected chi connectivity index (χ1v) is 10.4. The van der Waals surface area contributed by atoms with E-state index >= 15 is 0 Å². The van der Waals surface area contributed by atoms with Crippen molar-refractivity contribution in [2.24, 2.45) is 0 Å². The SMILES string of the molecule is COc1ccc(S(=O)(=O)N2CCN(Cc3c(Cl)cccc3Cl)CC2)cc1. The molecule has 0 atom stereocenters. The quantitative estimate of drug-likeness (QED) is 0.750. The predicted octanol–water partition coefficient (Wildman–Crippen LogP) is 3.51. The number of hydrogen-bond donors (Lipinski definition) is 0. The van der Waals surface area contributed by atoms with E-state index in [0.29, 0.717) is 48.5 Å². The van der Waals surface area contributed by atoms with E-state index in [1.54, 1.807) is 31.4 Å². The molecule has 0 spiro atoms. The molecule has 8 heteroatoms. The van der Waals surface area contributed by atoms with E-state index in [1.807, 2.05) is 18.2 Å². The molecule has 0 saturated carbocycles. The number of benzene rings is 2. The highest BCUT2D eigenvalue weighted by Gasteiger charge is 2.28. The molecule has 1 aliphatic rings. The molecule has 0 aromatic heterocycles. The van der Waals surface area contributed by atoms with Crippen molar-refractivity contribution in [3.05, 3.63) is 58.1 Å². The van der Waals surface area contributed by atoms with Gasteiger partial charge in [-0.05, 0) is 36.4 Å². The number of halogens is 2. The summed E-state index contributed by atoms with van der Waals surface area (Å²) in [6.07, 6.45) is 0. The maximum Gasteiger partial charge on any atom is 0.243 e. The number of methoxy groups -OCH3 is 1. The molecule has 3 rings (SSSR count). The minimum Gasteiger partial charge on any atom is -0.497 e. The lowest BCUT2D eigenvalue weighted by Gasteiger charge is -2.34. The minimum absolute atomic E-state index is 0.279. The van der Waals surface area contributed by atoms with Gasteiger partial charge >= 0.3 is 0 Å². The Hall–Kier alpha value is -1.31. The van der Waals surface area contributed by atoms with Crippen LogP contribution in [-0.4, -0.2) is 50.9 Å². The zero-order valence-electron chi connectivity index (χ0n) is 14.4. The zero-order chi connectivity index (χ0) is 18.7. The van der Waals surface area contributed by atoms with Gasteiger partial charge in [-0.3, -0.25) is 4.90 Å². The fraction of sp³-hybridized carbons (Fsp3) is 0.333. The van der Waals surface area contributed by atoms with Crippen LogP contribution in [0.25, 0.3) is 0 Å². The second-order valence-electron chi connectivity index (χ2n) is 6.06. The lowest BCUT2D eigenvalue weighted by atomic mass is 10.2. The molecule has 5 nitrogen and oxygen atoms in total. The summed E-state index contributed by atoms with van der Waals surface area (Å²) in [6.45, 7) is 2.70. The van der Waals surface area contributed by atoms with Crippen molar-refractivity contribution in [2.45, 2.75) is 11.4 Å². The van der Waals surface area contributed by atoms with Crippen LogP contribution in [0.1, 0.15) is 5.56 Å². The van der Waals surface area contributed by atoms with E-state index in [-0.39, 0.29) is 4.90 Å². The summed E-state index contributed by atoms with van der Waals surface area (Å²) in [5.41, 5.74) is 0.877. The molecule has 0 aliphatic carbocycles. The van der Waals surface area contributed by atoms with Gasteiger partial charge in [0, 0.05) is 48.3 Å². The summed E-state index contributed by atoms with van der Waals surface area (Å²) in [6, 6.07) is 11.9. The normalized spacial score (nSPS) is 16.6. The van der Waals surface area contributed by atoms with Crippen LogP contribution in [0.2, 0.25) is 10.0 Å². The molecule has 140 valence electrons. The Bertz CT molecular complexity index is 844. The number of rotatable bonds is 5. The highest BCUT2D eigenvalue weighted by Crippen LogP contribution is 2.27. The molecule has 1 aliphatic heterocycles. The summed E-state index contributed by atoms with van der Waals surface area (Å²) in [5, 5.41) is 1.26. The van der Waals surface area contributed by atoms with Gasteiger partial charge in [-0.15, -0.1) is 0 Å². The van der Waals surface area contributed by atoms with Crippen LogP contribution in [0, 0.1) is 0 Å². The molecule has 0 bridgehead atoms. The van der Waals surface area contributed by atoms with E-state index in [4.69, 9.17) is 27.9 Å². The second kappa shape index (κ2) is 8.15. The van der Waals surface area contributed by atoms with Crippen molar-refractivity contribution in [1.82, 2.24) is 9.21 Å². The Morgan fingerprint density at radius 1 is 0.962 bits per heavy atom. The largest absolute Gasteiger partial charge is 0.497 e. The van der Waals surface area contributed by atoms with Crippen LogP contribution in [-0.2, 0) is 16.6 Å². The molecule has 1 saturated heterocycles. The Morgan fingerprint density at radius 2 is 1.54 bits per heavy atom. The average molecular weight is 415 g/mol. The Kier molecular flexibility index (Phi) is 6.10. The van der Waals surface area contributed by atoms with Gasteiger partial charge in [-0.25, -0.2) is 8.42 Å². The third-order valence-corrected chi connectivity index (χ3v) is 7.09. The van der Waals surface area contributed by atoms with Crippen molar-refractivity contribution in [1.29, 1.82) is 0 Å². The van der Waals surface area contributed by atoms with Gasteiger partial charge in [0.15, 0.2) is 0 Å². The van der Waals surface area contributed by atoms with Gasteiger partial charge in [0.25, 0.3) is 0 Å². The molecular formula is C18H20Cl2N2O3S. The minimum atomic E-state index is -3.50. The smallest absolute Gasteiger partial charge is 0.243 e. The van der Waals surface area contributed by atoms with Gasteiger partial charge in [0.1, 0.15) is 5.75 Å². The fourth-order valence-corrected chi connectivity index (χ4v) is 4.87. The van der Waals surface area contributed by atoms with Gasteiger partial charge in [0.2, 0.25) is 10.0 Å². The molecular weight excluding hydrogens is 395 g/mol. The summed E-state index contributed by atoms with van der Waals surface area (Å²) in [4.78, 5) is 2.44. The van der Waals surface area contributed by atoms with Gasteiger partial charge < -0.3 is 4.74 Å². The van der Waals surface area contributed by atoms with Crippen LogP contribution >= 0.6 is 23.2 Å². The lowest BCUT2D eigenvalue weighted by molar-refractivity contribution is 0.181. The monoisotopic (exact) mass is 414 g/mol. The lowest BCUT2D eigenvalue weighted by Crippen LogP contribution is -2.48. The third kappa shape index (κ3) is 4.15. The molecule has 1 heterocycles. The van der Waals surface area contributed by atoms with Gasteiger partial charge in [0.05, 0.1) is 12.0 Å². The Morgan fingerprint density at radius 3 is 2.08 bits per heavy atom. The highest BCUT2D eigenvalue weighted by molar-refractivity contribution is 7.89. The van der Waals surface area contributed by atoms with Gasteiger partial charge in [-0.1, -0.05) is 29.3 Å². The number of piperazine rings is 1. The molecule has 1 fully saturated rings. The fourth-order valence-electron chi connectivity index (χ4n) is 2.93. The first kappa shape index (κ1) is 19.5. The molecule has 0 unspecified atom stereocenters. The summed E-state index contributed by atoms with van der Waals surface area (Å²) in [5.74, 6) is 0.630. The van der Waals surface area contributed by atoms with E-state index < -0.39 is 10.0 Å². The molecule has 0 N–H and O–H groups in total. The van der Waals surface area contributed by atoms with E-state index in [0.717, 1.165) is 5.56 Å². The number of hydrogen-bond acceptors (Lipinski definition) is 4. The second-order valence-corrected chi connectivity index (χ2v) is 8.81. The number of ether oxygens (including phenoxy) is 1. The first-order chi connectivity index (χ1) is 12.4. The van der Waals surface area contributed by atoms with Crippen LogP contribution in [0.15, 0.2) is 47.4 Å². The topological polar surface area (TPSA) is 49.9 Å². The first-order valence-electron chi connectivity index (χ1n) is 8.21. The molecule has 0 amide bonds. The van der Waals surface area contributed by atoms with Crippen LogP contribution in [0.4, 0.5) is 0 Å². The van der Waals surface area contributed by atoms with Crippen molar-refractivity contribution in [3.8, 4) is 5.75 Å². The Labute approximate surface area is 164 Å². The van der Waals surface area contributed by atoms with Crippen molar-refractivity contribution in [2.75, 3.05) is 33.3 Å². The zero-order valence-corrected chi connectivity index (χ0v) is 16.7. The summed E-state index contributed by atoms with van der Waals surface area (Å²) >= 11 is 12.5. The number of nitrogens with zero attached hydrogens (tertiary/aromatic N) is 2. The number of sulfonamides is 1. The maximum absolute atomic E-state index is 12.8. The highest BCUT2D eigenvalue weighted by atomic mass is 35.5. The van der Waals surface area contributed by atoms with Crippen molar-refractivity contribution < 1.29 is 13.2 Å². The average Bonchev–Trinajstić information content (AvgIpc) is 2.65. The van der Waals surface area contributed by atoms with E-state index in [9.17, 15) is 8.42 Å². The Balaban J connectivity index is 1.65. The van der Waals surface area contributed by atoms with Crippen molar-refractivity contribution >= 4 is 33.2 Å². The molecule has 0 radical (unpaired) electrons. The molecule has 2 aromatic rings. The molecule has 2 aromatic carbocycles. The maximum atomic E-state index is 12.8.